The molecular weight excluding hydrogens is 376 g/mol. The van der Waals surface area contributed by atoms with Crippen LogP contribution >= 0.6 is 0 Å². The molecule has 1 amide bonds. The Kier molecular flexibility index (Phi) is 7.20. The average molecular weight is 405 g/mol. The first kappa shape index (κ1) is 21.5. The van der Waals surface area contributed by atoms with Gasteiger partial charge in [-0.25, -0.2) is 4.79 Å². The van der Waals surface area contributed by atoms with Gasteiger partial charge in [-0.1, -0.05) is 67.6 Å². The number of carbonyl (C=O) groups is 2. The van der Waals surface area contributed by atoms with Crippen LogP contribution in [-0.2, 0) is 9.59 Å². The molecule has 0 bridgehead atoms. The lowest BCUT2D eigenvalue weighted by atomic mass is 9.95. The van der Waals surface area contributed by atoms with E-state index in [-0.39, 0.29) is 5.91 Å². The molecule has 0 saturated heterocycles. The second-order valence-corrected chi connectivity index (χ2v) is 7.43. The van der Waals surface area contributed by atoms with E-state index in [9.17, 15) is 9.59 Å². The first-order valence-corrected chi connectivity index (χ1v) is 10.4. The van der Waals surface area contributed by atoms with E-state index >= 15 is 0 Å². The molecule has 4 aromatic carbocycles. The number of amides is 1. The molecule has 4 aromatic rings. The van der Waals surface area contributed by atoms with E-state index in [1.807, 2.05) is 6.92 Å². The van der Waals surface area contributed by atoms with Gasteiger partial charge in [0.15, 0.2) is 0 Å². The number of nitrogens with two attached hydrogens (primary N) is 1. The number of carbonyl (C=O) groups excluding carboxylic acids is 1. The number of aliphatic carboxylic acids is 1. The molecule has 0 fully saturated rings. The van der Waals surface area contributed by atoms with Crippen molar-refractivity contribution < 1.29 is 14.7 Å². The zero-order valence-corrected chi connectivity index (χ0v) is 17.2. The zero-order chi connectivity index (χ0) is 21.5. The van der Waals surface area contributed by atoms with Gasteiger partial charge in [-0.05, 0) is 58.1 Å². The van der Waals surface area contributed by atoms with Crippen molar-refractivity contribution in [2.75, 3.05) is 6.54 Å². The lowest BCUT2D eigenvalue weighted by Crippen LogP contribution is -2.40. The van der Waals surface area contributed by atoms with Gasteiger partial charge in [-0.15, -0.1) is 0 Å². The zero-order valence-electron chi connectivity index (χ0n) is 17.2. The molecule has 5 nitrogen and oxygen atoms in total. The van der Waals surface area contributed by atoms with E-state index < -0.39 is 12.0 Å². The number of nitrogens with one attached hydrogen (secondary N) is 1. The summed E-state index contributed by atoms with van der Waals surface area (Å²) in [6.45, 7) is 2.31. The molecule has 1 atom stereocenters. The summed E-state index contributed by atoms with van der Waals surface area (Å²) in [5.41, 5.74) is 5.26. The van der Waals surface area contributed by atoms with Gasteiger partial charge < -0.3 is 16.2 Å². The number of rotatable bonds is 7. The van der Waals surface area contributed by atoms with Gasteiger partial charge in [0.1, 0.15) is 6.04 Å². The topological polar surface area (TPSA) is 92.4 Å². The van der Waals surface area contributed by atoms with Crippen LogP contribution in [0.3, 0.4) is 0 Å². The van der Waals surface area contributed by atoms with E-state index in [0.717, 1.165) is 6.42 Å². The van der Waals surface area contributed by atoms with Crippen molar-refractivity contribution in [3.05, 3.63) is 60.7 Å². The van der Waals surface area contributed by atoms with Crippen molar-refractivity contribution in [1.29, 1.82) is 0 Å². The highest BCUT2D eigenvalue weighted by Crippen LogP contribution is 2.33. The summed E-state index contributed by atoms with van der Waals surface area (Å²) >= 11 is 0. The van der Waals surface area contributed by atoms with Crippen LogP contribution in [0.15, 0.2) is 60.7 Å². The van der Waals surface area contributed by atoms with Gasteiger partial charge in [0, 0.05) is 6.42 Å². The average Bonchev–Trinajstić information content (AvgIpc) is 2.75. The molecule has 0 heterocycles. The Balaban J connectivity index is 0.000000174. The lowest BCUT2D eigenvalue weighted by molar-refractivity contribution is -0.142. The molecular formula is C25H28N2O3. The molecule has 0 aliphatic heterocycles. The summed E-state index contributed by atoms with van der Waals surface area (Å²) in [7, 11) is 0. The van der Waals surface area contributed by atoms with Crippen LogP contribution in [0, 0.1) is 0 Å². The largest absolute Gasteiger partial charge is 0.480 e. The number of hydrogen-bond donors (Lipinski definition) is 3. The number of hydrogen-bond acceptors (Lipinski definition) is 3. The van der Waals surface area contributed by atoms with E-state index in [1.54, 1.807) is 0 Å². The minimum absolute atomic E-state index is 0.211. The minimum atomic E-state index is -0.997. The Labute approximate surface area is 176 Å². The quantitative estimate of drug-likeness (QED) is 0.390. The van der Waals surface area contributed by atoms with Gasteiger partial charge in [0.25, 0.3) is 0 Å². The molecule has 0 aliphatic rings. The SMILES string of the molecule is CCCC(=O)NC(CCCN)C(=O)O.c1cc2ccc3cccc4ccc(c1)c2c34. The molecule has 0 spiro atoms. The van der Waals surface area contributed by atoms with Crippen molar-refractivity contribution in [2.45, 2.75) is 38.6 Å². The number of benzene rings is 4. The van der Waals surface area contributed by atoms with Crippen LogP contribution in [0.4, 0.5) is 0 Å². The fourth-order valence-corrected chi connectivity index (χ4v) is 3.74. The Morgan fingerprint density at radius 3 is 1.73 bits per heavy atom. The first-order valence-electron chi connectivity index (χ1n) is 10.4. The maximum atomic E-state index is 11.1. The predicted molar refractivity (Wildman–Crippen MR) is 123 cm³/mol. The molecule has 0 radical (unpaired) electrons. The monoisotopic (exact) mass is 404 g/mol. The molecule has 30 heavy (non-hydrogen) atoms. The fourth-order valence-electron chi connectivity index (χ4n) is 3.74. The third-order valence-corrected chi connectivity index (χ3v) is 5.20. The van der Waals surface area contributed by atoms with Crippen LogP contribution in [0.25, 0.3) is 32.3 Å². The third kappa shape index (κ3) is 4.86. The number of carboxylic acid groups (broad SMARTS) is 1. The van der Waals surface area contributed by atoms with Crippen LogP contribution < -0.4 is 11.1 Å². The standard InChI is InChI=1S/C16H10.C9H18N2O3/c1-3-11-7-9-13-5-2-6-14-10-8-12(4-1)15(11)16(13)14;1-2-4-8(12)11-7(9(13)14)5-3-6-10/h1-10H;7H,2-6,10H2,1H3,(H,11,12)(H,13,14). The smallest absolute Gasteiger partial charge is 0.326 e. The van der Waals surface area contributed by atoms with Crippen molar-refractivity contribution in [2.24, 2.45) is 5.73 Å². The van der Waals surface area contributed by atoms with Crippen LogP contribution in [0.2, 0.25) is 0 Å². The summed E-state index contributed by atoms with van der Waals surface area (Å²) in [4.78, 5) is 21.8. The highest BCUT2D eigenvalue weighted by Gasteiger charge is 2.18. The Morgan fingerprint density at radius 2 is 1.37 bits per heavy atom. The molecule has 5 heteroatoms. The van der Waals surface area contributed by atoms with Gasteiger partial charge in [-0.3, -0.25) is 4.79 Å². The van der Waals surface area contributed by atoms with Gasteiger partial charge >= 0.3 is 5.97 Å². The Hall–Kier alpha value is -3.18. The van der Waals surface area contributed by atoms with E-state index in [1.165, 1.54) is 32.3 Å². The fraction of sp³-hybridized carbons (Fsp3) is 0.280. The molecule has 0 saturated carbocycles. The maximum Gasteiger partial charge on any atom is 0.326 e. The lowest BCUT2D eigenvalue weighted by Gasteiger charge is -2.13. The highest BCUT2D eigenvalue weighted by atomic mass is 16.4. The summed E-state index contributed by atoms with van der Waals surface area (Å²) < 4.78 is 0. The predicted octanol–water partition coefficient (Wildman–Crippen LogP) is 4.68. The van der Waals surface area contributed by atoms with E-state index in [2.05, 4.69) is 66.0 Å². The second-order valence-electron chi connectivity index (χ2n) is 7.43. The Bertz CT molecular complexity index is 1010. The third-order valence-electron chi connectivity index (χ3n) is 5.20. The number of carboxylic acids is 1. The summed E-state index contributed by atoms with van der Waals surface area (Å²) in [6, 6.07) is 21.1. The van der Waals surface area contributed by atoms with Crippen LogP contribution in [0.5, 0.6) is 0 Å². The molecule has 1 unspecified atom stereocenters. The maximum absolute atomic E-state index is 11.1. The summed E-state index contributed by atoms with van der Waals surface area (Å²) in [5, 5.41) is 19.4. The van der Waals surface area contributed by atoms with Gasteiger partial charge in [0.05, 0.1) is 0 Å². The minimum Gasteiger partial charge on any atom is -0.480 e. The summed E-state index contributed by atoms with van der Waals surface area (Å²) in [5.74, 6) is -1.21. The van der Waals surface area contributed by atoms with Crippen LogP contribution in [-0.4, -0.2) is 29.6 Å². The molecule has 156 valence electrons. The summed E-state index contributed by atoms with van der Waals surface area (Å²) in [6.07, 6.45) is 2.08. The van der Waals surface area contributed by atoms with E-state index in [4.69, 9.17) is 10.8 Å². The van der Waals surface area contributed by atoms with Crippen molar-refractivity contribution >= 4 is 44.2 Å². The van der Waals surface area contributed by atoms with Crippen LogP contribution in [0.1, 0.15) is 32.6 Å². The molecule has 4 N–H and O–H groups in total. The molecule has 0 aliphatic carbocycles. The molecule has 0 aromatic heterocycles. The van der Waals surface area contributed by atoms with Gasteiger partial charge in [-0.2, -0.15) is 0 Å². The van der Waals surface area contributed by atoms with E-state index in [0.29, 0.717) is 25.8 Å². The second kappa shape index (κ2) is 10.0. The van der Waals surface area contributed by atoms with Crippen molar-refractivity contribution in [1.82, 2.24) is 5.32 Å². The molecule has 4 rings (SSSR count). The van der Waals surface area contributed by atoms with Crippen molar-refractivity contribution in [3.8, 4) is 0 Å². The van der Waals surface area contributed by atoms with Crippen molar-refractivity contribution in [3.63, 3.8) is 0 Å². The Morgan fingerprint density at radius 1 is 0.900 bits per heavy atom. The normalized spacial score (nSPS) is 11.9. The van der Waals surface area contributed by atoms with Gasteiger partial charge in [0.2, 0.25) is 5.91 Å². The first-order chi connectivity index (χ1) is 14.5. The highest BCUT2D eigenvalue weighted by molar-refractivity contribution is 6.22.